The largest absolute Gasteiger partial charge is 0.390 e. The molecule has 7 unspecified atom stereocenters. The molecule has 0 saturated heterocycles. The summed E-state index contributed by atoms with van der Waals surface area (Å²) in [5.41, 5.74) is -4.64. The zero-order chi connectivity index (χ0) is 27.4. The molecule has 0 aromatic heterocycles. The van der Waals surface area contributed by atoms with E-state index in [2.05, 4.69) is 21.3 Å². The van der Waals surface area contributed by atoms with Gasteiger partial charge in [0.15, 0.2) is 16.6 Å². The summed E-state index contributed by atoms with van der Waals surface area (Å²) >= 11 is 1.03. The van der Waals surface area contributed by atoms with Gasteiger partial charge in [0, 0.05) is 17.3 Å². The van der Waals surface area contributed by atoms with Gasteiger partial charge in [-0.25, -0.2) is 8.78 Å². The second-order valence-corrected chi connectivity index (χ2v) is 13.8. The van der Waals surface area contributed by atoms with Crippen molar-refractivity contribution in [3.05, 3.63) is 23.8 Å². The molecule has 37 heavy (non-hydrogen) atoms. The summed E-state index contributed by atoms with van der Waals surface area (Å²) in [4.78, 5) is 36.9. The van der Waals surface area contributed by atoms with E-state index in [0.29, 0.717) is 24.8 Å². The Kier molecular flexibility index (Phi) is 7.60. The molecule has 1 N–H and O–H groups in total. The van der Waals surface area contributed by atoms with Gasteiger partial charge >= 0.3 is 5.97 Å². The van der Waals surface area contributed by atoms with Crippen LogP contribution in [0.25, 0.3) is 0 Å². The molecule has 3 saturated carbocycles. The lowest BCUT2D eigenvalue weighted by atomic mass is 9.45. The smallest absolute Gasteiger partial charge is 0.322 e. The number of rotatable bonds is 4. The van der Waals surface area contributed by atoms with Crippen molar-refractivity contribution in [3.63, 3.8) is 0 Å². The van der Waals surface area contributed by atoms with E-state index < -0.39 is 46.6 Å². The van der Waals surface area contributed by atoms with Crippen molar-refractivity contribution in [2.45, 2.75) is 82.9 Å². The molecule has 0 aliphatic heterocycles. The highest BCUT2D eigenvalue weighted by Gasteiger charge is 2.71. The number of fused-ring (bicyclic) bond motifs is 5. The molecule has 0 aromatic rings. The average molecular weight is 553 g/mol. The standard InChI is InChI=1S/C28H35F2O5PS/c1-25(2,29)15-23(33)35-10-5-11-37-24(34)18-7-6-17-19-13-21(36)20-12-16(31)8-9-27(20,4)28(19,30)22(32)14-26(17,18)3/h8-9,12,17-19,21-22,32H,6-7,11,13-15,36H2,1-4H3/t17?,18?,19?,21-,22?,26?,27?,28-/m0/s1. The van der Waals surface area contributed by atoms with Gasteiger partial charge in [0.1, 0.15) is 11.8 Å². The molecule has 4 aliphatic rings. The van der Waals surface area contributed by atoms with Crippen LogP contribution in [0.1, 0.15) is 59.8 Å². The monoisotopic (exact) mass is 552 g/mol. The first-order valence-electron chi connectivity index (χ1n) is 12.7. The van der Waals surface area contributed by atoms with Crippen LogP contribution in [0.5, 0.6) is 0 Å². The van der Waals surface area contributed by atoms with Gasteiger partial charge in [-0.05, 0) is 87.1 Å². The first-order valence-corrected chi connectivity index (χ1v) is 14.4. The summed E-state index contributed by atoms with van der Waals surface area (Å²) in [5, 5.41) is 11.3. The summed E-state index contributed by atoms with van der Waals surface area (Å²) in [6.07, 6.45) is 7.05. The molecule has 0 amide bonds. The highest BCUT2D eigenvalue weighted by atomic mass is 32.2. The predicted molar refractivity (Wildman–Crippen MR) is 142 cm³/mol. The minimum atomic E-state index is -1.93. The van der Waals surface area contributed by atoms with E-state index in [1.54, 1.807) is 13.0 Å². The van der Waals surface area contributed by atoms with E-state index in [4.69, 9.17) is 4.74 Å². The normalized spacial score (nSPS) is 40.5. The quantitative estimate of drug-likeness (QED) is 0.309. The summed E-state index contributed by atoms with van der Waals surface area (Å²) in [6, 6.07) is 0. The number of carbonyl (C=O) groups is 3. The van der Waals surface area contributed by atoms with Crippen molar-refractivity contribution >= 4 is 37.9 Å². The molecule has 0 aromatic carbocycles. The number of allylic oxidation sites excluding steroid dienone is 4. The number of aliphatic hydroxyl groups is 1. The topological polar surface area (TPSA) is 80.7 Å². The lowest BCUT2D eigenvalue weighted by Gasteiger charge is -2.63. The Bertz CT molecular complexity index is 1120. The van der Waals surface area contributed by atoms with Crippen LogP contribution < -0.4 is 0 Å². The van der Waals surface area contributed by atoms with E-state index in [0.717, 1.165) is 11.8 Å². The van der Waals surface area contributed by atoms with E-state index >= 15 is 4.39 Å². The zero-order valence-corrected chi connectivity index (χ0v) is 23.7. The molecule has 9 heteroatoms. The maximum Gasteiger partial charge on any atom is 0.322 e. The second kappa shape index (κ2) is 9.88. The van der Waals surface area contributed by atoms with Crippen LogP contribution in [0.2, 0.25) is 0 Å². The Balaban J connectivity index is 1.47. The Morgan fingerprint density at radius 3 is 2.68 bits per heavy atom. The van der Waals surface area contributed by atoms with Gasteiger partial charge in [0.05, 0.1) is 18.3 Å². The van der Waals surface area contributed by atoms with Crippen molar-refractivity contribution in [2.24, 2.45) is 28.6 Å². The van der Waals surface area contributed by atoms with Gasteiger partial charge < -0.3 is 9.84 Å². The third-order valence-electron chi connectivity index (χ3n) is 9.11. The van der Waals surface area contributed by atoms with E-state index in [1.807, 2.05) is 6.92 Å². The van der Waals surface area contributed by atoms with Crippen LogP contribution in [0.15, 0.2) is 23.8 Å². The van der Waals surface area contributed by atoms with Crippen molar-refractivity contribution in [1.82, 2.24) is 0 Å². The van der Waals surface area contributed by atoms with Crippen molar-refractivity contribution < 1.29 is 33.0 Å². The van der Waals surface area contributed by atoms with E-state index in [1.165, 1.54) is 26.0 Å². The summed E-state index contributed by atoms with van der Waals surface area (Å²) in [6.45, 7) is 6.32. The molecular weight excluding hydrogens is 517 g/mol. The Morgan fingerprint density at radius 2 is 2.00 bits per heavy atom. The summed E-state index contributed by atoms with van der Waals surface area (Å²) in [5.74, 6) is 0.912. The molecule has 0 spiro atoms. The predicted octanol–water partition coefficient (Wildman–Crippen LogP) is 4.73. The van der Waals surface area contributed by atoms with Crippen molar-refractivity contribution in [2.75, 3.05) is 5.75 Å². The number of halogens is 2. The van der Waals surface area contributed by atoms with Gasteiger partial charge in [-0.3, -0.25) is 14.4 Å². The van der Waals surface area contributed by atoms with Gasteiger partial charge in [0.25, 0.3) is 0 Å². The average Bonchev–Trinajstić information content (AvgIpc) is 3.12. The third-order valence-corrected chi connectivity index (χ3v) is 10.6. The zero-order valence-electron chi connectivity index (χ0n) is 21.7. The van der Waals surface area contributed by atoms with Crippen LogP contribution in [-0.4, -0.2) is 50.8 Å². The molecule has 3 fully saturated rings. The molecule has 0 bridgehead atoms. The summed E-state index contributed by atoms with van der Waals surface area (Å²) in [7, 11) is 2.76. The van der Waals surface area contributed by atoms with Crippen molar-refractivity contribution in [1.29, 1.82) is 0 Å². The highest BCUT2D eigenvalue weighted by molar-refractivity contribution is 8.13. The maximum atomic E-state index is 17.2. The number of aliphatic hydroxyl groups excluding tert-OH is 1. The van der Waals surface area contributed by atoms with E-state index in [9.17, 15) is 23.9 Å². The lowest BCUT2D eigenvalue weighted by Crippen LogP contribution is -2.68. The minimum absolute atomic E-state index is 0.0673. The number of thioether (sulfide) groups is 1. The number of ketones is 1. The van der Waals surface area contributed by atoms with Gasteiger partial charge in [-0.2, -0.15) is 0 Å². The van der Waals surface area contributed by atoms with Crippen LogP contribution in [0.3, 0.4) is 0 Å². The summed E-state index contributed by atoms with van der Waals surface area (Å²) < 4.78 is 35.4. The first kappa shape index (κ1) is 28.5. The Hall–Kier alpha value is -1.55. The molecule has 4 aliphatic carbocycles. The number of hydrogen-bond donors (Lipinski definition) is 1. The van der Waals surface area contributed by atoms with Crippen LogP contribution in [0.4, 0.5) is 8.78 Å². The Morgan fingerprint density at radius 1 is 1.30 bits per heavy atom. The molecule has 0 radical (unpaired) electrons. The lowest BCUT2D eigenvalue weighted by molar-refractivity contribution is -0.193. The maximum absolute atomic E-state index is 17.2. The molecule has 5 nitrogen and oxygen atoms in total. The molecule has 0 heterocycles. The van der Waals surface area contributed by atoms with Crippen LogP contribution in [0, 0.1) is 40.6 Å². The molecular formula is C28H35F2O5PS. The van der Waals surface area contributed by atoms with Crippen LogP contribution in [-0.2, 0) is 19.1 Å². The number of carbonyl (C=O) groups excluding carboxylic acids is 3. The third kappa shape index (κ3) is 4.85. The number of hydrogen-bond acceptors (Lipinski definition) is 6. The molecule has 4 rings (SSSR count). The SMILES string of the molecule is CC(C)(F)CC(=O)OC#CCSC(=O)C1CCC2C3C[C@H](P)C4=CC(=O)C=CC4(C)[C@@]3(F)C(O)CC12C. The number of ether oxygens (including phenoxy) is 1. The Labute approximate surface area is 223 Å². The first-order chi connectivity index (χ1) is 17.1. The fourth-order valence-electron chi connectivity index (χ4n) is 7.43. The fourth-order valence-corrected chi connectivity index (χ4v) is 9.02. The molecule has 202 valence electrons. The second-order valence-electron chi connectivity index (χ2n) is 12.0. The van der Waals surface area contributed by atoms with E-state index in [-0.39, 0.29) is 40.6 Å². The highest BCUT2D eigenvalue weighted by Crippen LogP contribution is 2.69. The van der Waals surface area contributed by atoms with Crippen LogP contribution >= 0.6 is 21.0 Å². The van der Waals surface area contributed by atoms with Gasteiger partial charge in [-0.1, -0.05) is 24.8 Å². The number of alkyl halides is 2. The van der Waals surface area contributed by atoms with Gasteiger partial charge in [0.2, 0.25) is 0 Å². The minimum Gasteiger partial charge on any atom is -0.390 e. The van der Waals surface area contributed by atoms with Gasteiger partial charge in [-0.15, -0.1) is 9.24 Å². The van der Waals surface area contributed by atoms with Crippen molar-refractivity contribution in [3.8, 4) is 12.0 Å². The number of esters is 1. The molecule has 9 atom stereocenters. The fraction of sp³-hybridized carbons (Fsp3) is 0.679.